The fraction of sp³-hybridized carbons (Fsp3) is 0.464. The summed E-state index contributed by atoms with van der Waals surface area (Å²) in [4.78, 5) is 63.2. The molecule has 0 bridgehead atoms. The van der Waals surface area contributed by atoms with E-state index >= 15 is 0 Å². The Morgan fingerprint density at radius 1 is 0.877 bits per heavy atom. The van der Waals surface area contributed by atoms with Crippen molar-refractivity contribution in [1.82, 2.24) is 25.3 Å². The Kier molecular flexibility index (Phi) is 15.0. The summed E-state index contributed by atoms with van der Waals surface area (Å²) in [6.07, 6.45) is -4.27. The number of β-amino-alcohol motifs (C(OH)–C–C–N with tert-alkyl or cyclic N) is 1. The fourth-order valence-corrected chi connectivity index (χ4v) is 11.6. The van der Waals surface area contributed by atoms with Crippen LogP contribution in [0.3, 0.4) is 0 Å². The van der Waals surface area contributed by atoms with Crippen LogP contribution in [-0.4, -0.2) is 113 Å². The third-order valence-corrected chi connectivity index (χ3v) is 15.2. The molecule has 0 aromatic heterocycles. The van der Waals surface area contributed by atoms with E-state index in [1.807, 2.05) is 84.0 Å². The van der Waals surface area contributed by atoms with Crippen molar-refractivity contribution in [3.63, 3.8) is 0 Å². The molecule has 4 aliphatic rings. The number of aliphatic hydroxyl groups excluding tert-OH is 1. The molecule has 3 heterocycles. The lowest BCUT2D eigenvalue weighted by Crippen LogP contribution is -2.74. The minimum Gasteiger partial charge on any atom is -0.489 e. The van der Waals surface area contributed by atoms with Gasteiger partial charge in [-0.25, -0.2) is 0 Å². The number of hydrogen-bond donors (Lipinski definition) is 3. The Morgan fingerprint density at radius 3 is 2.18 bits per heavy atom. The van der Waals surface area contributed by atoms with Gasteiger partial charge in [0.1, 0.15) is 23.9 Å². The van der Waals surface area contributed by atoms with Gasteiger partial charge < -0.3 is 35.2 Å². The van der Waals surface area contributed by atoms with Crippen molar-refractivity contribution in [3.8, 4) is 17.9 Å². The van der Waals surface area contributed by atoms with E-state index < -0.39 is 58.3 Å². The minimum atomic E-state index is -4.71. The number of nitriles is 2. The number of carbonyl (C=O) groups is 4. The van der Waals surface area contributed by atoms with Crippen LogP contribution < -0.4 is 20.3 Å². The standard InChI is InChI=1S/C56H63F3N8O6/c1-34(2)47(51(72)66-33-42(68)27-46(66)49(70)62-31-37-11-9-36(29-60)10-12-37)67-32-40-17-19-41(26-44(40)50(67)71)65-24-22-64(23-25-65)21-7-8-35-13-15-38(16-14-35)48(69)63-52-54(3,4)53(55(52,5)6)73-43-20-18-39(30-61)45(28-43)56(57,58)59/h9-20,26,28,34,42,46-47,52-53,68H,7-8,21-25,27,31-33H2,1-6H3,(H,62,70)(H,63,69)/t42-,46+,47?,52?,53?/m1/s1. The molecule has 1 saturated carbocycles. The van der Waals surface area contributed by atoms with E-state index in [2.05, 4.69) is 26.5 Å². The smallest absolute Gasteiger partial charge is 0.417 e. The van der Waals surface area contributed by atoms with Gasteiger partial charge in [-0.05, 0) is 96.6 Å². The van der Waals surface area contributed by atoms with Gasteiger partial charge in [-0.1, -0.05) is 71.9 Å². The summed E-state index contributed by atoms with van der Waals surface area (Å²) < 4.78 is 47.0. The second-order valence-electron chi connectivity index (χ2n) is 21.4. The number of nitrogens with zero attached hydrogens (tertiary/aromatic N) is 6. The summed E-state index contributed by atoms with van der Waals surface area (Å²) in [6, 6.07) is 25.2. The van der Waals surface area contributed by atoms with Crippen molar-refractivity contribution in [1.29, 1.82) is 10.5 Å². The lowest BCUT2D eigenvalue weighted by molar-refractivity contribution is -0.164. The number of alkyl halides is 3. The monoisotopic (exact) mass is 1000 g/mol. The number of rotatable bonds is 15. The number of amides is 4. The molecule has 73 heavy (non-hydrogen) atoms. The Balaban J connectivity index is 0.795. The Labute approximate surface area is 424 Å². The van der Waals surface area contributed by atoms with Gasteiger partial charge >= 0.3 is 6.18 Å². The predicted octanol–water partition coefficient (Wildman–Crippen LogP) is 7.07. The normalized spacial score (nSPS) is 21.7. The number of likely N-dealkylation sites (tertiary alicyclic amines) is 1. The first-order chi connectivity index (χ1) is 34.6. The quantitative estimate of drug-likeness (QED) is 0.111. The van der Waals surface area contributed by atoms with Crippen LogP contribution in [-0.2, 0) is 35.3 Å². The van der Waals surface area contributed by atoms with Gasteiger partial charge in [0.05, 0.1) is 34.9 Å². The zero-order valence-corrected chi connectivity index (χ0v) is 42.1. The van der Waals surface area contributed by atoms with Crippen LogP contribution in [0.25, 0.3) is 0 Å². The van der Waals surface area contributed by atoms with Gasteiger partial charge in [0, 0.05) is 85.9 Å². The first kappa shape index (κ1) is 52.4. The largest absolute Gasteiger partial charge is 0.489 e. The van der Waals surface area contributed by atoms with Gasteiger partial charge in [-0.3, -0.25) is 24.1 Å². The number of aliphatic hydroxyl groups is 1. The molecule has 4 aromatic carbocycles. The third kappa shape index (κ3) is 10.9. The topological polar surface area (TPSA) is 182 Å². The van der Waals surface area contributed by atoms with Gasteiger partial charge in [0.2, 0.25) is 11.8 Å². The molecule has 4 amide bonds. The molecule has 3 fully saturated rings. The molecule has 2 saturated heterocycles. The van der Waals surface area contributed by atoms with Crippen LogP contribution in [0.1, 0.15) is 108 Å². The van der Waals surface area contributed by atoms with Gasteiger partial charge in [-0.15, -0.1) is 0 Å². The number of anilines is 1. The molecule has 1 aliphatic carbocycles. The van der Waals surface area contributed by atoms with Crippen molar-refractivity contribution in [3.05, 3.63) is 129 Å². The summed E-state index contributed by atoms with van der Waals surface area (Å²) in [5.74, 6) is -1.50. The average Bonchev–Trinajstić information content (AvgIpc) is 3.92. The number of fused-ring (bicyclic) bond motifs is 1. The maximum Gasteiger partial charge on any atom is 0.417 e. The lowest BCUT2D eigenvalue weighted by Gasteiger charge is -2.63. The molecule has 4 aromatic rings. The Morgan fingerprint density at radius 2 is 1.55 bits per heavy atom. The molecule has 14 nitrogen and oxygen atoms in total. The van der Waals surface area contributed by atoms with E-state index in [0.29, 0.717) is 16.7 Å². The zero-order valence-electron chi connectivity index (χ0n) is 42.1. The van der Waals surface area contributed by atoms with Crippen molar-refractivity contribution in [2.45, 2.75) is 110 Å². The zero-order chi connectivity index (χ0) is 52.6. The van der Waals surface area contributed by atoms with Crippen LogP contribution in [0.4, 0.5) is 18.9 Å². The summed E-state index contributed by atoms with van der Waals surface area (Å²) in [7, 11) is 0. The van der Waals surface area contributed by atoms with Crippen LogP contribution in [0.5, 0.6) is 5.75 Å². The van der Waals surface area contributed by atoms with E-state index in [4.69, 9.17) is 10.00 Å². The first-order valence-electron chi connectivity index (χ1n) is 24.9. The lowest BCUT2D eigenvalue weighted by atomic mass is 9.49. The van der Waals surface area contributed by atoms with Gasteiger partial charge in [0.15, 0.2) is 0 Å². The highest BCUT2D eigenvalue weighted by atomic mass is 19.4. The predicted molar refractivity (Wildman–Crippen MR) is 267 cm³/mol. The van der Waals surface area contributed by atoms with E-state index in [0.717, 1.165) is 80.1 Å². The molecule has 8 rings (SSSR count). The number of halogens is 3. The highest BCUT2D eigenvalue weighted by Gasteiger charge is 2.64. The number of benzene rings is 4. The molecular weight excluding hydrogens is 938 g/mol. The number of nitrogens with one attached hydrogen (secondary N) is 2. The molecule has 0 spiro atoms. The highest BCUT2D eigenvalue weighted by molar-refractivity contribution is 6.02. The SMILES string of the molecule is CC(C)C(C(=O)N1C[C@H](O)C[C@H]1C(=O)NCc1ccc(C#N)cc1)N1Cc2ccc(N3CCN(CCCc4ccc(C(=O)NC5C(C)(C)C(Oc6ccc(C#N)c(C(F)(F)F)c6)C5(C)C)cc4)CC3)cc2C1=O. The summed E-state index contributed by atoms with van der Waals surface area (Å²) in [5, 5.41) is 35.0. The second kappa shape index (κ2) is 20.9. The first-order valence-corrected chi connectivity index (χ1v) is 24.9. The summed E-state index contributed by atoms with van der Waals surface area (Å²) in [6.45, 7) is 16.0. The number of piperazine rings is 1. The van der Waals surface area contributed by atoms with Crippen LogP contribution >= 0.6 is 0 Å². The summed E-state index contributed by atoms with van der Waals surface area (Å²) >= 11 is 0. The second-order valence-corrected chi connectivity index (χ2v) is 21.4. The van der Waals surface area contributed by atoms with E-state index in [-0.39, 0.29) is 61.5 Å². The van der Waals surface area contributed by atoms with Crippen LogP contribution in [0.15, 0.2) is 84.9 Å². The number of ether oxygens (including phenoxy) is 1. The summed E-state index contributed by atoms with van der Waals surface area (Å²) in [5.41, 5.74) is 2.47. The third-order valence-electron chi connectivity index (χ3n) is 15.2. The maximum atomic E-state index is 14.3. The number of carbonyl (C=O) groups excluding carboxylic acids is 4. The number of hydrogen-bond acceptors (Lipinski definition) is 10. The van der Waals surface area contributed by atoms with Crippen LogP contribution in [0, 0.1) is 39.4 Å². The highest BCUT2D eigenvalue weighted by Crippen LogP contribution is 2.56. The van der Waals surface area contributed by atoms with Gasteiger partial charge in [-0.2, -0.15) is 23.7 Å². The van der Waals surface area contributed by atoms with Gasteiger partial charge in [0.25, 0.3) is 11.8 Å². The molecule has 3 atom stereocenters. The van der Waals surface area contributed by atoms with E-state index in [1.165, 1.54) is 11.0 Å². The van der Waals surface area contributed by atoms with E-state index in [1.54, 1.807) is 35.2 Å². The van der Waals surface area contributed by atoms with Crippen LogP contribution in [0.2, 0.25) is 0 Å². The fourth-order valence-electron chi connectivity index (χ4n) is 11.6. The number of aryl methyl sites for hydroxylation is 1. The molecule has 3 N–H and O–H groups in total. The molecule has 3 aliphatic heterocycles. The maximum absolute atomic E-state index is 14.3. The molecule has 17 heteroatoms. The van der Waals surface area contributed by atoms with Crippen molar-refractivity contribution in [2.75, 3.05) is 44.2 Å². The Hall–Kier alpha value is -6.95. The molecule has 0 radical (unpaired) electrons. The molecule has 384 valence electrons. The molecular formula is C56H63F3N8O6. The van der Waals surface area contributed by atoms with Crippen molar-refractivity contribution >= 4 is 29.3 Å². The molecule has 1 unspecified atom stereocenters. The minimum absolute atomic E-state index is 0.00954. The van der Waals surface area contributed by atoms with E-state index in [9.17, 15) is 42.7 Å². The average molecular weight is 1000 g/mol. The Bertz CT molecular complexity index is 2800. The van der Waals surface area contributed by atoms with Crippen molar-refractivity contribution in [2.24, 2.45) is 16.7 Å². The van der Waals surface area contributed by atoms with Crippen molar-refractivity contribution < 1.29 is 42.2 Å².